The lowest BCUT2D eigenvalue weighted by atomic mass is 10.2. The van der Waals surface area contributed by atoms with Crippen molar-refractivity contribution in [2.75, 3.05) is 23.3 Å². The number of carbonyl (C=O) groups is 1. The summed E-state index contributed by atoms with van der Waals surface area (Å²) in [6.45, 7) is 1.53. The van der Waals surface area contributed by atoms with Crippen LogP contribution in [0.25, 0.3) is 0 Å². The van der Waals surface area contributed by atoms with Crippen LogP contribution < -0.4 is 15.0 Å². The maximum Gasteiger partial charge on any atom is 0.246 e. The number of hydrogen-bond donors (Lipinski definition) is 1. The molecule has 1 aliphatic heterocycles. The molecule has 0 saturated carbocycles. The summed E-state index contributed by atoms with van der Waals surface area (Å²) in [5.74, 6) is 0.860. The number of ether oxygens (including phenoxy) is 1. The molecule has 0 bridgehead atoms. The first-order chi connectivity index (χ1) is 13.3. The summed E-state index contributed by atoms with van der Waals surface area (Å²) >= 11 is 0. The summed E-state index contributed by atoms with van der Waals surface area (Å²) in [5, 5.41) is 3.22. The van der Waals surface area contributed by atoms with Gasteiger partial charge in [-0.1, -0.05) is 54.6 Å². The van der Waals surface area contributed by atoms with Crippen LogP contribution in [0.3, 0.4) is 0 Å². The van der Waals surface area contributed by atoms with E-state index >= 15 is 0 Å². The highest BCUT2D eigenvalue weighted by Gasteiger charge is 2.23. The monoisotopic (exact) mass is 358 g/mol. The molecule has 1 amide bonds. The molecule has 0 aliphatic carbocycles. The molecule has 1 aliphatic rings. The number of benzene rings is 3. The van der Waals surface area contributed by atoms with Crippen molar-refractivity contribution in [1.29, 1.82) is 0 Å². The van der Waals surface area contributed by atoms with Gasteiger partial charge in [-0.3, -0.25) is 4.79 Å². The molecule has 4 nitrogen and oxygen atoms in total. The highest BCUT2D eigenvalue weighted by Crippen LogP contribution is 2.27. The zero-order chi connectivity index (χ0) is 18.5. The third kappa shape index (κ3) is 4.11. The molecule has 3 aromatic rings. The summed E-state index contributed by atoms with van der Waals surface area (Å²) in [5.41, 5.74) is 4.27. The van der Waals surface area contributed by atoms with Crippen LogP contribution >= 0.6 is 0 Å². The molecule has 3 aromatic carbocycles. The molecule has 4 rings (SSSR count). The number of rotatable bonds is 6. The van der Waals surface area contributed by atoms with E-state index in [4.69, 9.17) is 4.74 Å². The van der Waals surface area contributed by atoms with Gasteiger partial charge in [-0.15, -0.1) is 0 Å². The van der Waals surface area contributed by atoms with Crippen molar-refractivity contribution in [3.8, 4) is 5.75 Å². The lowest BCUT2D eigenvalue weighted by Gasteiger charge is -2.18. The number of amides is 1. The minimum absolute atomic E-state index is 0.0792. The second-order valence-electron chi connectivity index (χ2n) is 6.58. The molecule has 27 heavy (non-hydrogen) atoms. The summed E-state index contributed by atoms with van der Waals surface area (Å²) in [6.07, 6.45) is 0.921. The van der Waals surface area contributed by atoms with E-state index in [2.05, 4.69) is 11.4 Å². The van der Waals surface area contributed by atoms with E-state index in [1.54, 1.807) is 0 Å². The standard InChI is InChI=1S/C23H22N2O2/c26-23(25-14-13-19-9-4-5-12-22(19)25)16-24-20-10-6-11-21(15-20)27-17-18-7-2-1-3-8-18/h1-12,15,24H,13-14,16-17H2. The minimum Gasteiger partial charge on any atom is -0.489 e. The van der Waals surface area contributed by atoms with Crippen LogP contribution in [0.2, 0.25) is 0 Å². The number of fused-ring (bicyclic) bond motifs is 1. The topological polar surface area (TPSA) is 41.6 Å². The van der Waals surface area contributed by atoms with Crippen molar-refractivity contribution >= 4 is 17.3 Å². The first-order valence-electron chi connectivity index (χ1n) is 9.18. The zero-order valence-electron chi connectivity index (χ0n) is 15.1. The lowest BCUT2D eigenvalue weighted by molar-refractivity contribution is -0.116. The fourth-order valence-electron chi connectivity index (χ4n) is 3.31. The van der Waals surface area contributed by atoms with Gasteiger partial charge in [0.15, 0.2) is 0 Å². The predicted molar refractivity (Wildman–Crippen MR) is 108 cm³/mol. The van der Waals surface area contributed by atoms with Gasteiger partial charge in [0.1, 0.15) is 12.4 Å². The fourth-order valence-corrected chi connectivity index (χ4v) is 3.31. The van der Waals surface area contributed by atoms with Crippen LogP contribution in [0.5, 0.6) is 5.75 Å². The van der Waals surface area contributed by atoms with E-state index in [0.29, 0.717) is 6.61 Å². The van der Waals surface area contributed by atoms with Gasteiger partial charge in [-0.05, 0) is 35.7 Å². The van der Waals surface area contributed by atoms with Crippen molar-refractivity contribution in [1.82, 2.24) is 0 Å². The summed E-state index contributed by atoms with van der Waals surface area (Å²) in [6, 6.07) is 25.9. The Morgan fingerprint density at radius 1 is 0.963 bits per heavy atom. The molecule has 0 atom stereocenters. The maximum absolute atomic E-state index is 12.6. The van der Waals surface area contributed by atoms with Gasteiger partial charge in [-0.25, -0.2) is 0 Å². The molecule has 1 N–H and O–H groups in total. The average Bonchev–Trinajstić information content (AvgIpc) is 3.16. The van der Waals surface area contributed by atoms with Crippen molar-refractivity contribution in [2.24, 2.45) is 0 Å². The Labute approximate surface area is 159 Å². The molecule has 0 fully saturated rings. The highest BCUT2D eigenvalue weighted by atomic mass is 16.5. The van der Waals surface area contributed by atoms with E-state index < -0.39 is 0 Å². The summed E-state index contributed by atoms with van der Waals surface area (Å²) < 4.78 is 5.85. The van der Waals surface area contributed by atoms with Crippen molar-refractivity contribution < 1.29 is 9.53 Å². The number of para-hydroxylation sites is 1. The molecular weight excluding hydrogens is 336 g/mol. The first-order valence-corrected chi connectivity index (χ1v) is 9.18. The Kier molecular flexibility index (Phi) is 5.06. The number of carbonyl (C=O) groups excluding carboxylic acids is 1. The summed E-state index contributed by atoms with van der Waals surface area (Å²) in [4.78, 5) is 14.5. The van der Waals surface area contributed by atoms with Crippen LogP contribution in [0.4, 0.5) is 11.4 Å². The van der Waals surface area contributed by atoms with Crippen molar-refractivity contribution in [3.05, 3.63) is 90.0 Å². The van der Waals surface area contributed by atoms with Crippen LogP contribution in [0, 0.1) is 0 Å². The Morgan fingerprint density at radius 2 is 1.78 bits per heavy atom. The number of nitrogens with zero attached hydrogens (tertiary/aromatic N) is 1. The average molecular weight is 358 g/mol. The van der Waals surface area contributed by atoms with E-state index in [1.807, 2.05) is 77.7 Å². The largest absolute Gasteiger partial charge is 0.489 e. The van der Waals surface area contributed by atoms with E-state index in [0.717, 1.165) is 35.7 Å². The van der Waals surface area contributed by atoms with Crippen molar-refractivity contribution in [3.63, 3.8) is 0 Å². The van der Waals surface area contributed by atoms with E-state index in [9.17, 15) is 4.79 Å². The first kappa shape index (κ1) is 17.2. The van der Waals surface area contributed by atoms with Crippen LogP contribution in [-0.2, 0) is 17.8 Å². The van der Waals surface area contributed by atoms with Gasteiger partial charge in [0.2, 0.25) is 5.91 Å². The third-order valence-electron chi connectivity index (χ3n) is 4.71. The van der Waals surface area contributed by atoms with Gasteiger partial charge in [0.05, 0.1) is 6.54 Å². The molecule has 4 heteroatoms. The van der Waals surface area contributed by atoms with E-state index in [-0.39, 0.29) is 12.5 Å². The molecule has 0 saturated heterocycles. The second-order valence-corrected chi connectivity index (χ2v) is 6.58. The van der Waals surface area contributed by atoms with Gasteiger partial charge in [-0.2, -0.15) is 0 Å². The van der Waals surface area contributed by atoms with Gasteiger partial charge < -0.3 is 15.0 Å². The lowest BCUT2D eigenvalue weighted by Crippen LogP contribution is -2.34. The van der Waals surface area contributed by atoms with Crippen LogP contribution in [0.1, 0.15) is 11.1 Å². The number of hydrogen-bond acceptors (Lipinski definition) is 3. The van der Waals surface area contributed by atoms with Gasteiger partial charge in [0.25, 0.3) is 0 Å². The Morgan fingerprint density at radius 3 is 2.67 bits per heavy atom. The third-order valence-corrected chi connectivity index (χ3v) is 4.71. The molecule has 1 heterocycles. The minimum atomic E-state index is 0.0792. The second kappa shape index (κ2) is 7.96. The SMILES string of the molecule is O=C(CNc1cccc(OCc2ccccc2)c1)N1CCc2ccccc21. The van der Waals surface area contributed by atoms with Gasteiger partial charge >= 0.3 is 0 Å². The highest BCUT2D eigenvalue weighted by molar-refractivity contribution is 5.98. The van der Waals surface area contributed by atoms with Crippen LogP contribution in [0.15, 0.2) is 78.9 Å². The zero-order valence-corrected chi connectivity index (χ0v) is 15.1. The molecular formula is C23H22N2O2. The van der Waals surface area contributed by atoms with Crippen molar-refractivity contribution in [2.45, 2.75) is 13.0 Å². The van der Waals surface area contributed by atoms with Crippen LogP contribution in [-0.4, -0.2) is 19.0 Å². The normalized spacial score (nSPS) is 12.5. The molecule has 0 radical (unpaired) electrons. The number of anilines is 2. The maximum atomic E-state index is 12.6. The Bertz CT molecular complexity index is 924. The number of nitrogens with one attached hydrogen (secondary N) is 1. The molecule has 0 unspecified atom stereocenters. The molecule has 0 spiro atoms. The van der Waals surface area contributed by atoms with Gasteiger partial charge in [0, 0.05) is 24.0 Å². The Hall–Kier alpha value is -3.27. The predicted octanol–water partition coefficient (Wildman–Crippen LogP) is 4.27. The smallest absolute Gasteiger partial charge is 0.246 e. The molecule has 136 valence electrons. The quantitative estimate of drug-likeness (QED) is 0.716. The summed E-state index contributed by atoms with van der Waals surface area (Å²) in [7, 11) is 0. The molecule has 0 aromatic heterocycles. The van der Waals surface area contributed by atoms with E-state index in [1.165, 1.54) is 5.56 Å². The Balaban J connectivity index is 1.34. The fraction of sp³-hybridized carbons (Fsp3) is 0.174.